The molecule has 0 atom stereocenters. The lowest BCUT2D eigenvalue weighted by Crippen LogP contribution is -2.16. The van der Waals surface area contributed by atoms with E-state index in [1.165, 1.54) is 19.1 Å². The molecule has 0 bridgehead atoms. The highest BCUT2D eigenvalue weighted by molar-refractivity contribution is 6.00. The van der Waals surface area contributed by atoms with Crippen LogP contribution in [0.15, 0.2) is 36.4 Å². The Morgan fingerprint density at radius 2 is 1.79 bits per heavy atom. The van der Waals surface area contributed by atoms with E-state index < -0.39 is 40.5 Å². The third-order valence-electron chi connectivity index (χ3n) is 3.23. The molecule has 0 amide bonds. The summed E-state index contributed by atoms with van der Waals surface area (Å²) in [5.74, 6) is -4.29. The molecule has 0 unspecified atom stereocenters. The fourth-order valence-corrected chi connectivity index (χ4v) is 1.96. The number of carbonyl (C=O) groups is 2. The normalized spacial score (nSPS) is 10.3. The predicted octanol–water partition coefficient (Wildman–Crippen LogP) is 3.22. The topological polar surface area (TPSA) is 86.5 Å². The van der Waals surface area contributed by atoms with Gasteiger partial charge < -0.3 is 4.74 Å². The van der Waals surface area contributed by atoms with Crippen molar-refractivity contribution in [2.75, 3.05) is 6.61 Å². The van der Waals surface area contributed by atoms with Crippen LogP contribution in [0, 0.1) is 28.7 Å². The minimum Gasteiger partial charge on any atom is -0.454 e. The van der Waals surface area contributed by atoms with E-state index in [9.17, 15) is 28.5 Å². The van der Waals surface area contributed by atoms with Crippen molar-refractivity contribution >= 4 is 17.4 Å². The van der Waals surface area contributed by atoms with Gasteiger partial charge >= 0.3 is 5.97 Å². The summed E-state index contributed by atoms with van der Waals surface area (Å²) in [5.41, 5.74) is -0.844. The minimum absolute atomic E-state index is 0.0471. The molecule has 0 radical (unpaired) electrons. The van der Waals surface area contributed by atoms with E-state index in [4.69, 9.17) is 0 Å². The molecule has 0 fully saturated rings. The van der Waals surface area contributed by atoms with Crippen LogP contribution in [0.4, 0.5) is 14.5 Å². The number of rotatable bonds is 5. The van der Waals surface area contributed by atoms with Crippen LogP contribution in [-0.4, -0.2) is 23.3 Å². The Morgan fingerprint density at radius 1 is 1.17 bits per heavy atom. The van der Waals surface area contributed by atoms with Gasteiger partial charge in [0.05, 0.1) is 4.92 Å². The van der Waals surface area contributed by atoms with Crippen molar-refractivity contribution < 1.29 is 28.0 Å². The van der Waals surface area contributed by atoms with E-state index in [2.05, 4.69) is 4.74 Å². The Hall–Kier alpha value is -3.16. The third kappa shape index (κ3) is 3.60. The number of esters is 1. The number of Topliss-reactive ketones (excluding diaryl/α,β-unsaturated/α-hetero) is 1. The Balaban J connectivity index is 2.12. The first kappa shape index (κ1) is 17.2. The van der Waals surface area contributed by atoms with Gasteiger partial charge in [0.1, 0.15) is 17.2 Å². The molecule has 2 aromatic rings. The molecule has 0 saturated heterocycles. The summed E-state index contributed by atoms with van der Waals surface area (Å²) in [6, 6.07) is 6.61. The van der Waals surface area contributed by atoms with Crippen molar-refractivity contribution in [1.82, 2.24) is 0 Å². The standard InChI is InChI=1S/C16H11F2NO5/c1-9-5-6-10(7-13(9)19(22)23)14(20)8-24-16(21)15-11(17)3-2-4-12(15)18/h2-7H,8H2,1H3. The minimum atomic E-state index is -1.33. The van der Waals surface area contributed by atoms with Gasteiger partial charge in [-0.3, -0.25) is 14.9 Å². The maximum Gasteiger partial charge on any atom is 0.344 e. The number of nitro groups is 1. The van der Waals surface area contributed by atoms with Gasteiger partial charge in [-0.2, -0.15) is 0 Å². The largest absolute Gasteiger partial charge is 0.454 e. The van der Waals surface area contributed by atoms with Crippen LogP contribution < -0.4 is 0 Å². The van der Waals surface area contributed by atoms with Crippen molar-refractivity contribution in [3.63, 3.8) is 0 Å². The van der Waals surface area contributed by atoms with Crippen LogP contribution in [0.5, 0.6) is 0 Å². The molecule has 124 valence electrons. The van der Waals surface area contributed by atoms with E-state index in [1.807, 2.05) is 0 Å². The summed E-state index contributed by atoms with van der Waals surface area (Å²) >= 11 is 0. The van der Waals surface area contributed by atoms with Crippen LogP contribution in [0.2, 0.25) is 0 Å². The second-order valence-corrected chi connectivity index (χ2v) is 4.85. The van der Waals surface area contributed by atoms with Gasteiger partial charge in [0, 0.05) is 17.2 Å². The van der Waals surface area contributed by atoms with Crippen LogP contribution in [0.25, 0.3) is 0 Å². The quantitative estimate of drug-likeness (QED) is 0.362. The number of nitrogens with zero attached hydrogens (tertiary/aromatic N) is 1. The molecule has 0 aromatic heterocycles. The second-order valence-electron chi connectivity index (χ2n) is 4.85. The number of aryl methyl sites for hydroxylation is 1. The van der Waals surface area contributed by atoms with Gasteiger partial charge in [0.25, 0.3) is 5.69 Å². The molecule has 0 saturated carbocycles. The Labute approximate surface area is 134 Å². The highest BCUT2D eigenvalue weighted by Crippen LogP contribution is 2.20. The number of hydrogen-bond acceptors (Lipinski definition) is 5. The molecule has 0 aliphatic carbocycles. The van der Waals surface area contributed by atoms with Crippen molar-refractivity contribution in [2.24, 2.45) is 0 Å². The lowest BCUT2D eigenvalue weighted by atomic mass is 10.1. The molecular formula is C16H11F2NO5. The lowest BCUT2D eigenvalue weighted by Gasteiger charge is -2.06. The fourth-order valence-electron chi connectivity index (χ4n) is 1.96. The summed E-state index contributed by atoms with van der Waals surface area (Å²) in [4.78, 5) is 33.8. The number of halogens is 2. The summed E-state index contributed by atoms with van der Waals surface area (Å²) in [6.45, 7) is 0.709. The molecule has 24 heavy (non-hydrogen) atoms. The summed E-state index contributed by atoms with van der Waals surface area (Å²) < 4.78 is 31.5. The average molecular weight is 335 g/mol. The number of hydrogen-bond donors (Lipinski definition) is 0. The molecular weight excluding hydrogens is 324 g/mol. The first-order valence-corrected chi connectivity index (χ1v) is 6.70. The zero-order valence-electron chi connectivity index (χ0n) is 12.4. The maximum absolute atomic E-state index is 13.4. The second kappa shape index (κ2) is 6.95. The van der Waals surface area contributed by atoms with Gasteiger partial charge in [-0.1, -0.05) is 18.2 Å². The van der Waals surface area contributed by atoms with Crippen molar-refractivity contribution in [3.8, 4) is 0 Å². The van der Waals surface area contributed by atoms with Crippen molar-refractivity contribution in [1.29, 1.82) is 0 Å². The van der Waals surface area contributed by atoms with Crippen LogP contribution in [-0.2, 0) is 4.74 Å². The summed E-state index contributed by atoms with van der Waals surface area (Å²) in [6.07, 6.45) is 0. The van der Waals surface area contributed by atoms with Crippen LogP contribution in [0.3, 0.4) is 0 Å². The average Bonchev–Trinajstić information content (AvgIpc) is 2.52. The number of nitro benzene ring substituents is 1. The smallest absolute Gasteiger partial charge is 0.344 e. The molecule has 6 nitrogen and oxygen atoms in total. The SMILES string of the molecule is Cc1ccc(C(=O)COC(=O)c2c(F)cccc2F)cc1[N+](=O)[O-]. The molecule has 0 spiro atoms. The van der Waals surface area contributed by atoms with E-state index in [0.717, 1.165) is 24.3 Å². The molecule has 0 aliphatic heterocycles. The van der Waals surface area contributed by atoms with Gasteiger partial charge in [0.2, 0.25) is 5.78 Å². The third-order valence-corrected chi connectivity index (χ3v) is 3.23. The predicted molar refractivity (Wildman–Crippen MR) is 78.8 cm³/mol. The number of ether oxygens (including phenoxy) is 1. The van der Waals surface area contributed by atoms with Crippen LogP contribution >= 0.6 is 0 Å². The number of ketones is 1. The van der Waals surface area contributed by atoms with Crippen molar-refractivity contribution in [2.45, 2.75) is 6.92 Å². The zero-order valence-corrected chi connectivity index (χ0v) is 12.4. The molecule has 2 rings (SSSR count). The maximum atomic E-state index is 13.4. The summed E-state index contributed by atoms with van der Waals surface area (Å²) in [7, 11) is 0. The molecule has 0 N–H and O–H groups in total. The van der Waals surface area contributed by atoms with E-state index in [-0.39, 0.29) is 11.3 Å². The highest BCUT2D eigenvalue weighted by Gasteiger charge is 2.21. The van der Waals surface area contributed by atoms with Crippen LogP contribution in [0.1, 0.15) is 26.3 Å². The first-order chi connectivity index (χ1) is 11.3. The van der Waals surface area contributed by atoms with Crippen molar-refractivity contribution in [3.05, 3.63) is 74.8 Å². The Kier molecular flexibility index (Phi) is 4.98. The highest BCUT2D eigenvalue weighted by atomic mass is 19.1. The fraction of sp³-hybridized carbons (Fsp3) is 0.125. The lowest BCUT2D eigenvalue weighted by molar-refractivity contribution is -0.385. The summed E-state index contributed by atoms with van der Waals surface area (Å²) in [5, 5.41) is 10.8. The van der Waals surface area contributed by atoms with E-state index in [0.29, 0.717) is 5.56 Å². The number of benzene rings is 2. The Bertz CT molecular complexity index is 815. The first-order valence-electron chi connectivity index (χ1n) is 6.70. The Morgan fingerprint density at radius 3 is 2.38 bits per heavy atom. The zero-order chi connectivity index (χ0) is 17.9. The molecule has 0 aliphatic rings. The number of carbonyl (C=O) groups excluding carboxylic acids is 2. The molecule has 0 heterocycles. The van der Waals surface area contributed by atoms with Gasteiger partial charge in [0.15, 0.2) is 6.61 Å². The van der Waals surface area contributed by atoms with Gasteiger partial charge in [-0.25, -0.2) is 13.6 Å². The monoisotopic (exact) mass is 335 g/mol. The van der Waals surface area contributed by atoms with Gasteiger partial charge in [-0.05, 0) is 19.1 Å². The molecule has 8 heteroatoms. The molecule has 2 aromatic carbocycles. The van der Waals surface area contributed by atoms with Gasteiger partial charge in [-0.15, -0.1) is 0 Å². The van der Waals surface area contributed by atoms with E-state index in [1.54, 1.807) is 0 Å². The van der Waals surface area contributed by atoms with E-state index >= 15 is 0 Å².